The van der Waals surface area contributed by atoms with Gasteiger partial charge in [-0.05, 0) is 56.0 Å². The van der Waals surface area contributed by atoms with Crippen molar-refractivity contribution in [3.8, 4) is 0 Å². The first-order valence-electron chi connectivity index (χ1n) is 6.96. The van der Waals surface area contributed by atoms with E-state index in [0.29, 0.717) is 23.9 Å². The molecule has 1 saturated heterocycles. The maximum atomic E-state index is 11.8. The Kier molecular flexibility index (Phi) is 7.97. The quantitative estimate of drug-likeness (QED) is 0.876. The topological polar surface area (TPSA) is 41.1 Å². The van der Waals surface area contributed by atoms with Crippen molar-refractivity contribution in [2.45, 2.75) is 32.2 Å². The molecule has 0 radical (unpaired) electrons. The van der Waals surface area contributed by atoms with Crippen LogP contribution in [0.2, 0.25) is 5.02 Å². The Balaban J connectivity index is 0.00000200. The highest BCUT2D eigenvalue weighted by atomic mass is 35.5. The molecule has 1 aromatic rings. The smallest absolute Gasteiger partial charge is 0.220 e. The Hall–Kier alpha value is -0.770. The average molecular weight is 317 g/mol. The SMILES string of the molecule is Cl.O=C(CCC1CCNCC1)NCc1cccc(Cl)c1. The lowest BCUT2D eigenvalue weighted by Gasteiger charge is -2.22. The molecule has 0 aliphatic carbocycles. The van der Waals surface area contributed by atoms with Crippen molar-refractivity contribution in [2.24, 2.45) is 5.92 Å². The molecule has 0 aromatic heterocycles. The number of benzene rings is 1. The van der Waals surface area contributed by atoms with Crippen LogP contribution in [0.15, 0.2) is 24.3 Å². The van der Waals surface area contributed by atoms with E-state index in [9.17, 15) is 4.79 Å². The van der Waals surface area contributed by atoms with Crippen molar-refractivity contribution in [3.05, 3.63) is 34.9 Å². The molecular weight excluding hydrogens is 295 g/mol. The largest absolute Gasteiger partial charge is 0.352 e. The van der Waals surface area contributed by atoms with Crippen LogP contribution in [-0.4, -0.2) is 19.0 Å². The van der Waals surface area contributed by atoms with E-state index in [1.807, 2.05) is 24.3 Å². The van der Waals surface area contributed by atoms with Gasteiger partial charge in [0.25, 0.3) is 0 Å². The molecule has 0 atom stereocenters. The van der Waals surface area contributed by atoms with Gasteiger partial charge in [0.05, 0.1) is 0 Å². The van der Waals surface area contributed by atoms with E-state index in [1.165, 1.54) is 12.8 Å². The second kappa shape index (κ2) is 9.22. The monoisotopic (exact) mass is 316 g/mol. The Bertz CT molecular complexity index is 420. The number of rotatable bonds is 5. The van der Waals surface area contributed by atoms with E-state index < -0.39 is 0 Å². The normalized spacial score (nSPS) is 15.4. The zero-order chi connectivity index (χ0) is 13.5. The summed E-state index contributed by atoms with van der Waals surface area (Å²) < 4.78 is 0. The van der Waals surface area contributed by atoms with Crippen LogP contribution in [0.3, 0.4) is 0 Å². The summed E-state index contributed by atoms with van der Waals surface area (Å²) in [5.41, 5.74) is 1.04. The Morgan fingerprint density at radius 1 is 1.35 bits per heavy atom. The third-order valence-corrected chi connectivity index (χ3v) is 3.85. The van der Waals surface area contributed by atoms with Crippen LogP contribution < -0.4 is 10.6 Å². The molecule has 1 aromatic carbocycles. The number of hydrogen-bond donors (Lipinski definition) is 2. The Morgan fingerprint density at radius 2 is 2.10 bits per heavy atom. The van der Waals surface area contributed by atoms with E-state index in [2.05, 4.69) is 10.6 Å². The van der Waals surface area contributed by atoms with Crippen molar-refractivity contribution in [2.75, 3.05) is 13.1 Å². The predicted octanol–water partition coefficient (Wildman–Crippen LogP) is 3.16. The third-order valence-electron chi connectivity index (χ3n) is 3.62. The summed E-state index contributed by atoms with van der Waals surface area (Å²) in [5, 5.41) is 7.00. The van der Waals surface area contributed by atoms with E-state index in [4.69, 9.17) is 11.6 Å². The minimum atomic E-state index is 0. The molecule has 0 spiro atoms. The van der Waals surface area contributed by atoms with Gasteiger partial charge < -0.3 is 10.6 Å². The summed E-state index contributed by atoms with van der Waals surface area (Å²) in [4.78, 5) is 11.8. The molecule has 2 rings (SSSR count). The standard InChI is InChI=1S/C15H21ClN2O.ClH/c16-14-3-1-2-13(10-14)11-18-15(19)5-4-12-6-8-17-9-7-12;/h1-3,10,12,17H,4-9,11H2,(H,18,19);1H. The van der Waals surface area contributed by atoms with E-state index in [0.717, 1.165) is 25.1 Å². The maximum Gasteiger partial charge on any atom is 0.220 e. The molecule has 1 amide bonds. The highest BCUT2D eigenvalue weighted by Gasteiger charge is 2.14. The van der Waals surface area contributed by atoms with E-state index in [1.54, 1.807) is 0 Å². The number of amides is 1. The van der Waals surface area contributed by atoms with Gasteiger partial charge in [-0.3, -0.25) is 4.79 Å². The third kappa shape index (κ3) is 6.12. The minimum Gasteiger partial charge on any atom is -0.352 e. The van der Waals surface area contributed by atoms with Crippen LogP contribution in [0.25, 0.3) is 0 Å². The van der Waals surface area contributed by atoms with Gasteiger partial charge in [-0.1, -0.05) is 23.7 Å². The Morgan fingerprint density at radius 3 is 2.80 bits per heavy atom. The molecule has 1 fully saturated rings. The fraction of sp³-hybridized carbons (Fsp3) is 0.533. The fourth-order valence-corrected chi connectivity index (χ4v) is 2.65. The van der Waals surface area contributed by atoms with Gasteiger partial charge in [-0.15, -0.1) is 12.4 Å². The van der Waals surface area contributed by atoms with Crippen LogP contribution in [-0.2, 0) is 11.3 Å². The van der Waals surface area contributed by atoms with E-state index >= 15 is 0 Å². The van der Waals surface area contributed by atoms with Crippen LogP contribution in [0.1, 0.15) is 31.2 Å². The van der Waals surface area contributed by atoms with Gasteiger partial charge in [-0.2, -0.15) is 0 Å². The van der Waals surface area contributed by atoms with Crippen LogP contribution in [0, 0.1) is 5.92 Å². The molecule has 0 unspecified atom stereocenters. The van der Waals surface area contributed by atoms with Gasteiger partial charge >= 0.3 is 0 Å². The van der Waals surface area contributed by atoms with Gasteiger partial charge in [0.15, 0.2) is 0 Å². The molecule has 20 heavy (non-hydrogen) atoms. The predicted molar refractivity (Wildman–Crippen MR) is 85.4 cm³/mol. The molecule has 2 N–H and O–H groups in total. The fourth-order valence-electron chi connectivity index (χ4n) is 2.44. The van der Waals surface area contributed by atoms with Crippen molar-refractivity contribution >= 4 is 29.9 Å². The first-order chi connectivity index (χ1) is 9.24. The summed E-state index contributed by atoms with van der Waals surface area (Å²) in [6.45, 7) is 2.75. The number of carbonyl (C=O) groups is 1. The van der Waals surface area contributed by atoms with Crippen molar-refractivity contribution in [3.63, 3.8) is 0 Å². The van der Waals surface area contributed by atoms with Crippen LogP contribution in [0.5, 0.6) is 0 Å². The molecule has 5 heteroatoms. The molecule has 112 valence electrons. The number of nitrogens with one attached hydrogen (secondary N) is 2. The Labute approximate surface area is 131 Å². The summed E-state index contributed by atoms with van der Waals surface area (Å²) in [6, 6.07) is 7.59. The van der Waals surface area contributed by atoms with Gasteiger partial charge in [0.1, 0.15) is 0 Å². The summed E-state index contributed by atoms with van der Waals surface area (Å²) >= 11 is 5.90. The summed E-state index contributed by atoms with van der Waals surface area (Å²) in [5.74, 6) is 0.844. The lowest BCUT2D eigenvalue weighted by molar-refractivity contribution is -0.121. The maximum absolute atomic E-state index is 11.8. The zero-order valence-electron chi connectivity index (χ0n) is 11.5. The molecule has 1 heterocycles. The van der Waals surface area contributed by atoms with Gasteiger partial charge in [0.2, 0.25) is 5.91 Å². The molecule has 1 aliphatic heterocycles. The van der Waals surface area contributed by atoms with Crippen LogP contribution in [0.4, 0.5) is 0 Å². The van der Waals surface area contributed by atoms with Crippen molar-refractivity contribution < 1.29 is 4.79 Å². The summed E-state index contributed by atoms with van der Waals surface area (Å²) in [6.07, 6.45) is 4.03. The van der Waals surface area contributed by atoms with E-state index in [-0.39, 0.29) is 18.3 Å². The molecule has 3 nitrogen and oxygen atoms in total. The second-order valence-corrected chi connectivity index (χ2v) is 5.58. The molecule has 1 aliphatic rings. The van der Waals surface area contributed by atoms with Gasteiger partial charge in [-0.25, -0.2) is 0 Å². The number of hydrogen-bond acceptors (Lipinski definition) is 2. The zero-order valence-corrected chi connectivity index (χ0v) is 13.1. The highest BCUT2D eigenvalue weighted by Crippen LogP contribution is 2.17. The first-order valence-corrected chi connectivity index (χ1v) is 7.33. The number of piperidine rings is 1. The second-order valence-electron chi connectivity index (χ2n) is 5.14. The van der Waals surface area contributed by atoms with Crippen molar-refractivity contribution in [1.82, 2.24) is 10.6 Å². The lowest BCUT2D eigenvalue weighted by Crippen LogP contribution is -2.29. The van der Waals surface area contributed by atoms with Gasteiger partial charge in [0, 0.05) is 18.0 Å². The average Bonchev–Trinajstić information content (AvgIpc) is 2.44. The minimum absolute atomic E-state index is 0. The first kappa shape index (κ1) is 17.3. The molecule has 0 saturated carbocycles. The molecule has 0 bridgehead atoms. The highest BCUT2D eigenvalue weighted by molar-refractivity contribution is 6.30. The van der Waals surface area contributed by atoms with Crippen LogP contribution >= 0.6 is 24.0 Å². The number of carbonyl (C=O) groups excluding carboxylic acids is 1. The van der Waals surface area contributed by atoms with Crippen molar-refractivity contribution in [1.29, 1.82) is 0 Å². The summed E-state index contributed by atoms with van der Waals surface area (Å²) in [7, 11) is 0. The molecular formula is C15H22Cl2N2O. The lowest BCUT2D eigenvalue weighted by atomic mass is 9.93. The number of halogens is 2.